The summed E-state index contributed by atoms with van der Waals surface area (Å²) in [6, 6.07) is 7.83. The van der Waals surface area contributed by atoms with E-state index < -0.39 is 29.9 Å². The quantitative estimate of drug-likeness (QED) is 0.533. The number of esters is 1. The van der Waals surface area contributed by atoms with Crippen molar-refractivity contribution < 1.29 is 28.7 Å². The van der Waals surface area contributed by atoms with E-state index >= 15 is 0 Å². The van der Waals surface area contributed by atoms with E-state index in [2.05, 4.69) is 0 Å². The third-order valence-corrected chi connectivity index (χ3v) is 5.29. The molecule has 0 N–H and O–H groups in total. The van der Waals surface area contributed by atoms with Gasteiger partial charge in [0.2, 0.25) is 5.91 Å². The summed E-state index contributed by atoms with van der Waals surface area (Å²) in [5.74, 6) is -1.92. The van der Waals surface area contributed by atoms with Gasteiger partial charge < -0.3 is 14.4 Å². The van der Waals surface area contributed by atoms with Gasteiger partial charge >= 0.3 is 12.1 Å². The van der Waals surface area contributed by atoms with Gasteiger partial charge in [-0.15, -0.1) is 0 Å². The topological polar surface area (TPSA) is 93.2 Å². The molecule has 2 aliphatic rings. The smallest absolute Gasteiger partial charge is 0.410 e. The molecule has 2 fully saturated rings. The monoisotopic (exact) mass is 402 g/mol. The molecule has 2 amide bonds. The number of rotatable bonds is 6. The van der Waals surface area contributed by atoms with E-state index in [0.717, 1.165) is 5.56 Å². The van der Waals surface area contributed by atoms with E-state index in [9.17, 15) is 19.2 Å². The first-order chi connectivity index (χ1) is 14.0. The molecule has 8 nitrogen and oxygen atoms in total. The van der Waals surface area contributed by atoms with E-state index in [1.165, 1.54) is 9.80 Å². The fourth-order valence-corrected chi connectivity index (χ4v) is 3.88. The summed E-state index contributed by atoms with van der Waals surface area (Å²) in [7, 11) is 0. The summed E-state index contributed by atoms with van der Waals surface area (Å²) in [5, 5.41) is 0. The molecule has 156 valence electrons. The van der Waals surface area contributed by atoms with Crippen molar-refractivity contribution in [2.24, 2.45) is 0 Å². The summed E-state index contributed by atoms with van der Waals surface area (Å²) >= 11 is 0. The van der Waals surface area contributed by atoms with E-state index in [1.54, 1.807) is 6.92 Å². The average Bonchev–Trinajstić information content (AvgIpc) is 3.41. The van der Waals surface area contributed by atoms with Crippen LogP contribution in [0.15, 0.2) is 30.3 Å². The first kappa shape index (κ1) is 20.8. The minimum Gasteiger partial charge on any atom is -0.460 e. The first-order valence-electron chi connectivity index (χ1n) is 10.0. The van der Waals surface area contributed by atoms with Crippen LogP contribution < -0.4 is 0 Å². The highest BCUT2D eigenvalue weighted by atomic mass is 16.6. The lowest BCUT2D eigenvalue weighted by atomic mass is 10.1. The second kappa shape index (κ2) is 9.54. The van der Waals surface area contributed by atoms with E-state index in [-0.39, 0.29) is 19.1 Å². The van der Waals surface area contributed by atoms with Crippen LogP contribution in [0, 0.1) is 0 Å². The van der Waals surface area contributed by atoms with Gasteiger partial charge in [0.05, 0.1) is 6.61 Å². The lowest BCUT2D eigenvalue weighted by Gasteiger charge is -2.30. The number of nitrogens with zero attached hydrogens (tertiary/aromatic N) is 2. The molecule has 0 saturated carbocycles. The van der Waals surface area contributed by atoms with Crippen molar-refractivity contribution in [1.29, 1.82) is 0 Å². The van der Waals surface area contributed by atoms with Crippen LogP contribution in [0.25, 0.3) is 0 Å². The summed E-state index contributed by atoms with van der Waals surface area (Å²) in [5.41, 5.74) is 0.863. The molecule has 2 heterocycles. The van der Waals surface area contributed by atoms with Crippen LogP contribution in [-0.4, -0.2) is 65.3 Å². The summed E-state index contributed by atoms with van der Waals surface area (Å²) in [6.07, 6.45) is 1.70. The maximum absolute atomic E-state index is 13.1. The number of ether oxygens (including phenoxy) is 2. The second-order valence-corrected chi connectivity index (χ2v) is 7.17. The van der Waals surface area contributed by atoms with Crippen LogP contribution >= 0.6 is 0 Å². The van der Waals surface area contributed by atoms with Gasteiger partial charge in [-0.25, -0.2) is 9.59 Å². The Bertz CT molecular complexity index is 766. The van der Waals surface area contributed by atoms with Crippen molar-refractivity contribution in [3.05, 3.63) is 35.9 Å². The number of Topliss-reactive ketones (excluding diaryl/α,β-unsaturated/α-hetero) is 1. The Labute approximate surface area is 169 Å². The minimum atomic E-state index is -0.914. The molecule has 1 unspecified atom stereocenters. The molecule has 1 aromatic carbocycles. The van der Waals surface area contributed by atoms with Crippen LogP contribution in [0.1, 0.15) is 38.2 Å². The molecule has 0 aromatic heterocycles. The summed E-state index contributed by atoms with van der Waals surface area (Å²) in [4.78, 5) is 52.7. The largest absolute Gasteiger partial charge is 0.460 e. The van der Waals surface area contributed by atoms with Gasteiger partial charge in [0, 0.05) is 13.1 Å². The zero-order valence-electron chi connectivity index (χ0n) is 16.5. The molecule has 1 aromatic rings. The maximum Gasteiger partial charge on any atom is 0.410 e. The molecule has 2 aliphatic heterocycles. The summed E-state index contributed by atoms with van der Waals surface area (Å²) in [6.45, 7) is 2.67. The van der Waals surface area contributed by atoms with Crippen LogP contribution in [0.2, 0.25) is 0 Å². The van der Waals surface area contributed by atoms with Gasteiger partial charge in [0.1, 0.15) is 18.7 Å². The number of carbonyl (C=O) groups is 4. The Balaban J connectivity index is 1.63. The molecule has 0 bridgehead atoms. The van der Waals surface area contributed by atoms with Crippen molar-refractivity contribution in [1.82, 2.24) is 9.80 Å². The maximum atomic E-state index is 13.1. The van der Waals surface area contributed by atoms with Crippen molar-refractivity contribution in [2.75, 3.05) is 19.7 Å². The molecule has 2 atom stereocenters. The van der Waals surface area contributed by atoms with Crippen LogP contribution in [-0.2, 0) is 30.5 Å². The molecule has 2 saturated heterocycles. The molecule has 0 radical (unpaired) electrons. The van der Waals surface area contributed by atoms with Gasteiger partial charge in [-0.2, -0.15) is 0 Å². The SMILES string of the molecule is CCOC(=O)C(=O)C1CCCN1C(=O)[C@@H]1CCCN1C(=O)OCc1ccccc1. The number of benzene rings is 1. The fourth-order valence-electron chi connectivity index (χ4n) is 3.88. The van der Waals surface area contributed by atoms with Crippen molar-refractivity contribution in [2.45, 2.75) is 51.3 Å². The highest BCUT2D eigenvalue weighted by Crippen LogP contribution is 2.26. The third kappa shape index (κ3) is 4.75. The Morgan fingerprint density at radius 2 is 1.59 bits per heavy atom. The normalized spacial score (nSPS) is 21.1. The number of ketones is 1. The van der Waals surface area contributed by atoms with Crippen molar-refractivity contribution in [3.8, 4) is 0 Å². The molecule has 0 spiro atoms. The fraction of sp³-hybridized carbons (Fsp3) is 0.524. The number of hydrogen-bond donors (Lipinski definition) is 0. The molecule has 0 aliphatic carbocycles. The van der Waals surface area contributed by atoms with Gasteiger partial charge in [0.25, 0.3) is 5.78 Å². The standard InChI is InChI=1S/C21H26N2O6/c1-2-28-20(26)18(24)16-10-6-12-22(16)19(25)17-11-7-13-23(17)21(27)29-14-15-8-4-3-5-9-15/h3-5,8-9,16-17H,2,6-7,10-14H2,1H3/t16?,17-/m0/s1. The van der Waals surface area contributed by atoms with E-state index in [4.69, 9.17) is 9.47 Å². The number of amides is 2. The van der Waals surface area contributed by atoms with Crippen molar-refractivity contribution >= 4 is 23.8 Å². The molecular formula is C21H26N2O6. The lowest BCUT2D eigenvalue weighted by Crippen LogP contribution is -2.52. The van der Waals surface area contributed by atoms with Crippen LogP contribution in [0.5, 0.6) is 0 Å². The first-order valence-corrected chi connectivity index (χ1v) is 10.0. The second-order valence-electron chi connectivity index (χ2n) is 7.17. The zero-order chi connectivity index (χ0) is 20.8. The van der Waals surface area contributed by atoms with E-state index in [0.29, 0.717) is 38.8 Å². The van der Waals surface area contributed by atoms with Gasteiger partial charge in [-0.05, 0) is 38.2 Å². The Morgan fingerprint density at radius 1 is 0.931 bits per heavy atom. The molecule has 3 rings (SSSR count). The molecule has 29 heavy (non-hydrogen) atoms. The Kier molecular flexibility index (Phi) is 6.85. The highest BCUT2D eigenvalue weighted by molar-refractivity contribution is 6.36. The minimum absolute atomic E-state index is 0.106. The third-order valence-electron chi connectivity index (χ3n) is 5.29. The summed E-state index contributed by atoms with van der Waals surface area (Å²) < 4.78 is 10.2. The molecular weight excluding hydrogens is 376 g/mol. The highest BCUT2D eigenvalue weighted by Gasteiger charge is 2.44. The zero-order valence-corrected chi connectivity index (χ0v) is 16.5. The Morgan fingerprint density at radius 3 is 2.28 bits per heavy atom. The number of likely N-dealkylation sites (tertiary alicyclic amines) is 2. The predicted octanol–water partition coefficient (Wildman–Crippen LogP) is 1.91. The van der Waals surface area contributed by atoms with Crippen LogP contribution in [0.4, 0.5) is 4.79 Å². The average molecular weight is 402 g/mol. The van der Waals surface area contributed by atoms with Gasteiger partial charge in [-0.3, -0.25) is 14.5 Å². The Hall–Kier alpha value is -2.90. The number of carbonyl (C=O) groups excluding carboxylic acids is 4. The van der Waals surface area contributed by atoms with Gasteiger partial charge in [-0.1, -0.05) is 30.3 Å². The molecule has 8 heteroatoms. The number of hydrogen-bond acceptors (Lipinski definition) is 6. The van der Waals surface area contributed by atoms with Gasteiger partial charge in [0.15, 0.2) is 0 Å². The van der Waals surface area contributed by atoms with Crippen molar-refractivity contribution in [3.63, 3.8) is 0 Å². The predicted molar refractivity (Wildman–Crippen MR) is 103 cm³/mol. The lowest BCUT2D eigenvalue weighted by molar-refractivity contribution is -0.157. The van der Waals surface area contributed by atoms with Crippen LogP contribution in [0.3, 0.4) is 0 Å². The van der Waals surface area contributed by atoms with E-state index in [1.807, 2.05) is 30.3 Å².